The number of hydrogen-bond donors (Lipinski definition) is 1. The van der Waals surface area contributed by atoms with Gasteiger partial charge in [0.1, 0.15) is 11.4 Å². The fourth-order valence-electron chi connectivity index (χ4n) is 3.56. The molecule has 2 aromatic heterocycles. The van der Waals surface area contributed by atoms with Crippen LogP contribution in [0.15, 0.2) is 67.0 Å². The molecule has 1 atom stereocenters. The van der Waals surface area contributed by atoms with Gasteiger partial charge in [0, 0.05) is 39.1 Å². The van der Waals surface area contributed by atoms with Crippen LogP contribution in [0.3, 0.4) is 0 Å². The zero-order valence-corrected chi connectivity index (χ0v) is 15.2. The highest BCUT2D eigenvalue weighted by Crippen LogP contribution is 2.21. The largest absolute Gasteiger partial charge is 0.349 e. The molecule has 0 saturated carbocycles. The number of aryl methyl sites for hydroxylation is 1. The summed E-state index contributed by atoms with van der Waals surface area (Å²) in [5.41, 5.74) is 2.37. The van der Waals surface area contributed by atoms with Gasteiger partial charge in [-0.05, 0) is 29.8 Å². The molecule has 4 rings (SSSR count). The Morgan fingerprint density at radius 1 is 1.07 bits per heavy atom. The van der Waals surface area contributed by atoms with E-state index < -0.39 is 0 Å². The molecule has 0 aliphatic carbocycles. The summed E-state index contributed by atoms with van der Waals surface area (Å²) in [6.07, 6.45) is 3.76. The zero-order valence-electron chi connectivity index (χ0n) is 15.2. The molecule has 6 nitrogen and oxygen atoms in total. The van der Waals surface area contributed by atoms with Gasteiger partial charge in [-0.3, -0.25) is 9.59 Å². The molecule has 0 radical (unpaired) electrons. The van der Waals surface area contributed by atoms with Gasteiger partial charge in [-0.25, -0.2) is 0 Å². The van der Waals surface area contributed by atoms with Gasteiger partial charge in [-0.2, -0.15) is 0 Å². The summed E-state index contributed by atoms with van der Waals surface area (Å²) in [6, 6.07) is 17.2. The third-order valence-electron chi connectivity index (χ3n) is 5.03. The minimum absolute atomic E-state index is 0.00628. The molecule has 1 N–H and O–H groups in total. The lowest BCUT2D eigenvalue weighted by Crippen LogP contribution is -2.52. The van der Waals surface area contributed by atoms with Crippen LogP contribution in [0.2, 0.25) is 0 Å². The van der Waals surface area contributed by atoms with Gasteiger partial charge >= 0.3 is 0 Å². The van der Waals surface area contributed by atoms with Crippen molar-refractivity contribution in [1.29, 1.82) is 0 Å². The van der Waals surface area contributed by atoms with Gasteiger partial charge in [-0.1, -0.05) is 30.3 Å². The quantitative estimate of drug-likeness (QED) is 0.757. The molecule has 0 saturated heterocycles. The van der Waals surface area contributed by atoms with Crippen molar-refractivity contribution in [2.24, 2.45) is 7.05 Å². The van der Waals surface area contributed by atoms with Crippen LogP contribution >= 0.6 is 0 Å². The predicted octanol–water partition coefficient (Wildman–Crippen LogP) is 2.28. The second-order valence-electron chi connectivity index (χ2n) is 6.83. The molecule has 0 spiro atoms. The van der Waals surface area contributed by atoms with Crippen molar-refractivity contribution >= 4 is 11.8 Å². The number of fused-ring (bicyclic) bond motifs is 1. The van der Waals surface area contributed by atoms with E-state index in [0.29, 0.717) is 31.0 Å². The number of carbonyl (C=O) groups excluding carboxylic acids is 2. The maximum absolute atomic E-state index is 13.0. The van der Waals surface area contributed by atoms with Crippen LogP contribution < -0.4 is 5.32 Å². The van der Waals surface area contributed by atoms with E-state index in [-0.39, 0.29) is 17.9 Å². The molecule has 0 fully saturated rings. The van der Waals surface area contributed by atoms with Crippen LogP contribution in [0, 0.1) is 0 Å². The predicted molar refractivity (Wildman–Crippen MR) is 102 cm³/mol. The van der Waals surface area contributed by atoms with Crippen LogP contribution in [0.4, 0.5) is 0 Å². The monoisotopic (exact) mass is 362 g/mol. The Morgan fingerprint density at radius 2 is 1.85 bits per heavy atom. The van der Waals surface area contributed by atoms with Crippen LogP contribution in [0.1, 0.15) is 26.5 Å². The Labute approximate surface area is 158 Å². The lowest BCUT2D eigenvalue weighted by atomic mass is 10.1. The van der Waals surface area contributed by atoms with E-state index in [1.807, 2.05) is 77.4 Å². The smallest absolute Gasteiger partial charge is 0.271 e. The summed E-state index contributed by atoms with van der Waals surface area (Å²) in [6.45, 7) is 1.59. The summed E-state index contributed by atoms with van der Waals surface area (Å²) in [5, 5.41) is 2.99. The number of nitrogens with zero attached hydrogens (tertiary/aromatic N) is 3. The second-order valence-corrected chi connectivity index (χ2v) is 6.83. The molecule has 27 heavy (non-hydrogen) atoms. The van der Waals surface area contributed by atoms with Gasteiger partial charge in [0.2, 0.25) is 0 Å². The van der Waals surface area contributed by atoms with Crippen LogP contribution in [0.5, 0.6) is 0 Å². The number of rotatable bonds is 5. The van der Waals surface area contributed by atoms with Crippen molar-refractivity contribution < 1.29 is 9.59 Å². The highest BCUT2D eigenvalue weighted by atomic mass is 16.2. The van der Waals surface area contributed by atoms with E-state index in [0.717, 1.165) is 5.56 Å². The number of nitrogens with one attached hydrogen (secondary N) is 1. The standard InChI is InChI=1S/C21H22N4O2/c1-23-11-5-9-18(23)20(26)22-13-17-15-24-12-6-10-19(24)21(27)25(17)14-16-7-3-2-4-8-16/h2-12,17H,13-15H2,1H3,(H,22,26). The van der Waals surface area contributed by atoms with Gasteiger partial charge in [0.05, 0.1) is 6.04 Å². The highest BCUT2D eigenvalue weighted by molar-refractivity contribution is 5.94. The first kappa shape index (κ1) is 17.1. The molecule has 3 aromatic rings. The lowest BCUT2D eigenvalue weighted by Gasteiger charge is -2.37. The van der Waals surface area contributed by atoms with Crippen molar-refractivity contribution in [3.8, 4) is 0 Å². The summed E-state index contributed by atoms with van der Waals surface area (Å²) >= 11 is 0. The molecule has 6 heteroatoms. The van der Waals surface area contributed by atoms with Crippen molar-refractivity contribution in [3.63, 3.8) is 0 Å². The zero-order chi connectivity index (χ0) is 18.8. The van der Waals surface area contributed by atoms with Crippen molar-refractivity contribution in [1.82, 2.24) is 19.4 Å². The number of carbonyl (C=O) groups is 2. The van der Waals surface area contributed by atoms with Gasteiger partial charge in [0.15, 0.2) is 0 Å². The number of hydrogen-bond acceptors (Lipinski definition) is 2. The van der Waals surface area contributed by atoms with Crippen molar-refractivity contribution in [2.75, 3.05) is 6.54 Å². The number of aromatic nitrogens is 2. The average molecular weight is 362 g/mol. The summed E-state index contributed by atoms with van der Waals surface area (Å²) in [7, 11) is 1.84. The molecular weight excluding hydrogens is 340 g/mol. The summed E-state index contributed by atoms with van der Waals surface area (Å²) < 4.78 is 3.75. The Morgan fingerprint density at radius 3 is 2.59 bits per heavy atom. The van der Waals surface area contributed by atoms with Gasteiger partial charge in [-0.15, -0.1) is 0 Å². The third kappa shape index (κ3) is 3.38. The van der Waals surface area contributed by atoms with E-state index >= 15 is 0 Å². The minimum Gasteiger partial charge on any atom is -0.349 e. The molecular formula is C21H22N4O2. The first-order valence-electron chi connectivity index (χ1n) is 9.03. The van der Waals surface area contributed by atoms with E-state index in [1.54, 1.807) is 10.6 Å². The molecule has 0 bridgehead atoms. The molecule has 2 amide bonds. The van der Waals surface area contributed by atoms with E-state index in [9.17, 15) is 9.59 Å². The Balaban J connectivity index is 1.54. The Hall–Kier alpha value is -3.28. The normalized spacial score (nSPS) is 16.3. The number of benzene rings is 1. The minimum atomic E-state index is -0.132. The van der Waals surface area contributed by atoms with E-state index in [4.69, 9.17) is 0 Å². The average Bonchev–Trinajstić information content (AvgIpc) is 3.32. The topological polar surface area (TPSA) is 59.3 Å². The van der Waals surface area contributed by atoms with E-state index in [2.05, 4.69) is 5.32 Å². The summed E-state index contributed by atoms with van der Waals surface area (Å²) in [5.74, 6) is -0.138. The van der Waals surface area contributed by atoms with Crippen molar-refractivity contribution in [2.45, 2.75) is 19.1 Å². The second kappa shape index (κ2) is 7.15. The van der Waals surface area contributed by atoms with Gasteiger partial charge < -0.3 is 19.4 Å². The molecule has 138 valence electrons. The van der Waals surface area contributed by atoms with Crippen LogP contribution in [-0.4, -0.2) is 38.4 Å². The van der Waals surface area contributed by atoms with E-state index in [1.165, 1.54) is 0 Å². The third-order valence-corrected chi connectivity index (χ3v) is 5.03. The summed E-state index contributed by atoms with van der Waals surface area (Å²) in [4.78, 5) is 27.3. The van der Waals surface area contributed by atoms with Crippen LogP contribution in [-0.2, 0) is 20.1 Å². The molecule has 1 aliphatic rings. The maximum atomic E-state index is 13.0. The number of amides is 2. The fraction of sp³-hybridized carbons (Fsp3) is 0.238. The fourth-order valence-corrected chi connectivity index (χ4v) is 3.56. The first-order valence-corrected chi connectivity index (χ1v) is 9.03. The molecule has 3 heterocycles. The Bertz CT molecular complexity index is 957. The molecule has 1 unspecified atom stereocenters. The lowest BCUT2D eigenvalue weighted by molar-refractivity contribution is 0.0562. The SMILES string of the molecule is Cn1cccc1C(=O)NCC1Cn2cccc2C(=O)N1Cc1ccccc1. The highest BCUT2D eigenvalue weighted by Gasteiger charge is 2.32. The van der Waals surface area contributed by atoms with Gasteiger partial charge in [0.25, 0.3) is 11.8 Å². The molecule has 1 aromatic carbocycles. The first-order chi connectivity index (χ1) is 13.1. The Kier molecular flexibility index (Phi) is 4.54. The van der Waals surface area contributed by atoms with Crippen LogP contribution in [0.25, 0.3) is 0 Å². The molecule has 1 aliphatic heterocycles. The maximum Gasteiger partial charge on any atom is 0.271 e. The van der Waals surface area contributed by atoms with Crippen molar-refractivity contribution in [3.05, 3.63) is 83.9 Å².